The first kappa shape index (κ1) is 41.4. The van der Waals surface area contributed by atoms with Crippen LogP contribution in [0.4, 0.5) is 15.9 Å². The number of amides is 2. The number of nitrogens with one attached hydrogen (secondary N) is 2. The molecule has 8 heterocycles. The zero-order valence-corrected chi connectivity index (χ0v) is 35.6. The minimum Gasteiger partial charge on any atom is -0.403 e. The van der Waals surface area contributed by atoms with Crippen LogP contribution >= 0.6 is 0 Å². The summed E-state index contributed by atoms with van der Waals surface area (Å²) in [5.74, 6) is 0.0963. The van der Waals surface area contributed by atoms with E-state index in [4.69, 9.17) is 30.5 Å². The van der Waals surface area contributed by atoms with Crippen molar-refractivity contribution in [2.45, 2.75) is 100 Å². The summed E-state index contributed by atoms with van der Waals surface area (Å²) in [6.45, 7) is 4.02. The van der Waals surface area contributed by atoms with Crippen molar-refractivity contribution in [2.75, 3.05) is 36.4 Å². The van der Waals surface area contributed by atoms with Crippen LogP contribution in [0.25, 0.3) is 28.1 Å². The summed E-state index contributed by atoms with van der Waals surface area (Å²) in [7, 11) is 0. The number of halogens is 1. The molecule has 1 aliphatic carbocycles. The molecule has 4 fully saturated rings. The number of imide groups is 1. The first-order valence-corrected chi connectivity index (χ1v) is 22.4. The summed E-state index contributed by atoms with van der Waals surface area (Å²) in [6, 6.07) is 15.5. The Kier molecular flexibility index (Phi) is 11.4. The molecule has 64 heavy (non-hydrogen) atoms. The number of hydrogen-bond acceptors (Lipinski definition) is 13. The average Bonchev–Trinajstić information content (AvgIpc) is 3.97. The normalized spacial score (nSPS) is 22.8. The van der Waals surface area contributed by atoms with Crippen molar-refractivity contribution in [3.8, 4) is 28.6 Å². The maximum atomic E-state index is 15.4. The highest BCUT2D eigenvalue weighted by atomic mass is 19.1. The monoisotopic (exact) mass is 862 g/mol. The number of benzene rings is 1. The first-order chi connectivity index (χ1) is 31.3. The van der Waals surface area contributed by atoms with Gasteiger partial charge in [-0.2, -0.15) is 10.4 Å². The fraction of sp³-hybridized carbons (Fsp3) is 0.417. The SMILES string of the molecule is N#C/C(=C/N)c1ncc(-c2cnn(C3CCC(N4CCC(c5ccc(NC6CCC(=O)NC6=O)cc5F)CC4)CC3)c2)nc1-c1ccc(N2CCC3(CC2)OCc2cccnc23)nc1. The average molecular weight is 863 g/mol. The van der Waals surface area contributed by atoms with Crippen LogP contribution < -0.4 is 21.3 Å². The second-order valence-electron chi connectivity index (χ2n) is 17.7. The number of carbonyl (C=O) groups is 2. The molecule has 0 bridgehead atoms. The molecule has 4 N–H and O–H groups in total. The van der Waals surface area contributed by atoms with E-state index in [1.165, 1.54) is 17.8 Å². The van der Waals surface area contributed by atoms with Crippen LogP contribution in [0.2, 0.25) is 0 Å². The van der Waals surface area contributed by atoms with Crippen molar-refractivity contribution >= 4 is 28.9 Å². The van der Waals surface area contributed by atoms with Crippen LogP contribution in [0.15, 0.2) is 79.6 Å². The Morgan fingerprint density at radius 3 is 2.48 bits per heavy atom. The minimum absolute atomic E-state index is 0.142. The molecule has 0 radical (unpaired) electrons. The first-order valence-electron chi connectivity index (χ1n) is 22.4. The number of hydrogen-bond donors (Lipinski definition) is 3. The van der Waals surface area contributed by atoms with E-state index in [2.05, 4.69) is 42.2 Å². The number of allylic oxidation sites excluding steroid dienone is 1. The van der Waals surface area contributed by atoms with Crippen LogP contribution in [0.1, 0.15) is 98.7 Å². The highest BCUT2D eigenvalue weighted by Crippen LogP contribution is 2.44. The molecule has 1 spiro atoms. The molecule has 5 aliphatic rings. The third kappa shape index (κ3) is 8.10. The molecule has 15 nitrogen and oxygen atoms in total. The summed E-state index contributed by atoms with van der Waals surface area (Å²) in [6.07, 6.45) is 18.6. The molecule has 1 unspecified atom stereocenters. The summed E-state index contributed by atoms with van der Waals surface area (Å²) in [5.41, 5.74) is 12.4. The third-order valence-electron chi connectivity index (χ3n) is 14.1. The van der Waals surface area contributed by atoms with Gasteiger partial charge in [-0.05, 0) is 113 Å². The van der Waals surface area contributed by atoms with E-state index in [1.807, 2.05) is 48.9 Å². The van der Waals surface area contributed by atoms with Crippen LogP contribution in [-0.4, -0.2) is 84.7 Å². The van der Waals surface area contributed by atoms with Crippen molar-refractivity contribution in [1.82, 2.24) is 39.9 Å². The van der Waals surface area contributed by atoms with E-state index < -0.39 is 6.04 Å². The standard InChI is InChI=1S/C48H51FN12O3/c49-39-22-35(56-40-10-12-43(62)58-47(40)63)4-9-38(39)30-13-18-59(19-14-30)36-5-7-37(8-6-36)61-28-34(26-55-61)41-27-54-44(33(23-50)24-51)45(57-41)31-3-11-42(53-25-31)60-20-15-48(16-21-60)46-32(29-64-48)2-1-17-52-46/h1-4,9,11,17,22-23,25-28,30,36-37,40,56H,5-8,10,12-16,18-21,29,50H2,(H,58,62,63)/b33-23-. The van der Waals surface area contributed by atoms with Crippen molar-refractivity contribution in [3.05, 3.63) is 108 Å². The van der Waals surface area contributed by atoms with Crippen molar-refractivity contribution < 1.29 is 18.7 Å². The molecule has 16 heteroatoms. The number of rotatable bonds is 9. The van der Waals surface area contributed by atoms with Crippen molar-refractivity contribution in [1.29, 1.82) is 5.26 Å². The number of nitriles is 1. The molecular formula is C48H51FN12O3. The quantitative estimate of drug-likeness (QED) is 0.110. The van der Waals surface area contributed by atoms with Gasteiger partial charge in [0.15, 0.2) is 0 Å². The summed E-state index contributed by atoms with van der Waals surface area (Å²) >= 11 is 0. The molecule has 1 aromatic carbocycles. The van der Waals surface area contributed by atoms with E-state index >= 15 is 4.39 Å². The Morgan fingerprint density at radius 2 is 1.75 bits per heavy atom. The van der Waals surface area contributed by atoms with Crippen LogP contribution in [0.3, 0.4) is 0 Å². The number of nitrogens with two attached hydrogens (primary N) is 1. The number of piperidine rings is 3. The van der Waals surface area contributed by atoms with Gasteiger partial charge in [-0.1, -0.05) is 12.1 Å². The fourth-order valence-corrected chi connectivity index (χ4v) is 10.5. The molecule has 1 atom stereocenters. The van der Waals surface area contributed by atoms with Gasteiger partial charge < -0.3 is 25.6 Å². The Morgan fingerprint density at radius 1 is 0.938 bits per heavy atom. The number of aromatic nitrogens is 6. The highest BCUT2D eigenvalue weighted by Gasteiger charge is 2.44. The van der Waals surface area contributed by atoms with E-state index in [1.54, 1.807) is 12.4 Å². The van der Waals surface area contributed by atoms with E-state index in [0.717, 1.165) is 106 Å². The largest absolute Gasteiger partial charge is 0.403 e. The Balaban J connectivity index is 0.754. The highest BCUT2D eigenvalue weighted by molar-refractivity contribution is 6.01. The molecule has 5 aromatic rings. The molecule has 328 valence electrons. The Labute approximate surface area is 371 Å². The van der Waals surface area contributed by atoms with E-state index in [9.17, 15) is 14.9 Å². The van der Waals surface area contributed by atoms with Gasteiger partial charge in [-0.25, -0.2) is 14.4 Å². The molecular weight excluding hydrogens is 812 g/mol. The topological polar surface area (TPSA) is 193 Å². The molecule has 1 saturated carbocycles. The smallest absolute Gasteiger partial charge is 0.249 e. The molecule has 4 aromatic heterocycles. The number of fused-ring (bicyclic) bond motifs is 2. The second kappa shape index (κ2) is 17.5. The van der Waals surface area contributed by atoms with Gasteiger partial charge in [-0.15, -0.1) is 0 Å². The van der Waals surface area contributed by atoms with Gasteiger partial charge >= 0.3 is 0 Å². The van der Waals surface area contributed by atoms with Gasteiger partial charge in [0.1, 0.15) is 35.0 Å². The predicted octanol–water partition coefficient (Wildman–Crippen LogP) is 6.37. The van der Waals surface area contributed by atoms with Crippen molar-refractivity contribution in [3.63, 3.8) is 0 Å². The number of likely N-dealkylation sites (tertiary alicyclic amines) is 1. The van der Waals surface area contributed by atoms with E-state index in [0.29, 0.717) is 41.8 Å². The van der Waals surface area contributed by atoms with Gasteiger partial charge in [0.25, 0.3) is 0 Å². The van der Waals surface area contributed by atoms with Crippen LogP contribution in [0, 0.1) is 17.1 Å². The van der Waals surface area contributed by atoms with Gasteiger partial charge in [-0.3, -0.25) is 29.6 Å². The fourth-order valence-electron chi connectivity index (χ4n) is 10.5. The summed E-state index contributed by atoms with van der Waals surface area (Å²) < 4.78 is 23.8. The van der Waals surface area contributed by atoms with Crippen LogP contribution in [-0.2, 0) is 26.5 Å². The lowest BCUT2D eigenvalue weighted by molar-refractivity contribution is -0.133. The van der Waals surface area contributed by atoms with Crippen molar-refractivity contribution in [2.24, 2.45) is 5.73 Å². The molecule has 4 aliphatic heterocycles. The Hall–Kier alpha value is -6.57. The lowest BCUT2D eigenvalue weighted by Crippen LogP contribution is -2.47. The number of carbonyl (C=O) groups excluding carboxylic acids is 2. The third-order valence-corrected chi connectivity index (χ3v) is 14.1. The zero-order valence-electron chi connectivity index (χ0n) is 35.6. The lowest BCUT2D eigenvalue weighted by atomic mass is 9.85. The maximum absolute atomic E-state index is 15.4. The molecule has 10 rings (SSSR count). The Bertz CT molecular complexity index is 2620. The van der Waals surface area contributed by atoms with Gasteiger partial charge in [0.05, 0.1) is 47.7 Å². The van der Waals surface area contributed by atoms with Gasteiger partial charge in [0, 0.05) is 72.7 Å². The van der Waals surface area contributed by atoms with E-state index in [-0.39, 0.29) is 47.2 Å². The number of ether oxygens (including phenoxy) is 1. The second-order valence-corrected chi connectivity index (χ2v) is 17.7. The zero-order chi connectivity index (χ0) is 43.8. The molecule has 2 amide bonds. The number of pyridine rings is 2. The number of nitrogens with zero attached hydrogens (tertiary/aromatic N) is 9. The summed E-state index contributed by atoms with van der Waals surface area (Å²) in [5, 5.41) is 20.1. The summed E-state index contributed by atoms with van der Waals surface area (Å²) in [4.78, 5) is 47.8. The predicted molar refractivity (Wildman–Crippen MR) is 237 cm³/mol. The lowest BCUT2D eigenvalue weighted by Gasteiger charge is -2.41. The van der Waals surface area contributed by atoms with Gasteiger partial charge in [0.2, 0.25) is 11.8 Å². The maximum Gasteiger partial charge on any atom is 0.249 e. The molecule has 3 saturated heterocycles. The minimum atomic E-state index is -0.547. The number of anilines is 2. The van der Waals surface area contributed by atoms with Crippen LogP contribution in [0.5, 0.6) is 0 Å².